The fourth-order valence-corrected chi connectivity index (χ4v) is 0. The molecule has 0 aliphatic rings. The Morgan fingerprint density at radius 1 is 0.571 bits per heavy atom. The van der Waals surface area contributed by atoms with Crippen molar-refractivity contribution in [2.75, 3.05) is 0 Å². The summed E-state index contributed by atoms with van der Waals surface area (Å²) in [6.07, 6.45) is 0. The van der Waals surface area contributed by atoms with E-state index in [2.05, 4.69) is 0 Å². The molecule has 4 nitrogen and oxygen atoms in total. The van der Waals surface area contributed by atoms with Crippen LogP contribution in [0.5, 0.6) is 0 Å². The van der Waals surface area contributed by atoms with Gasteiger partial charge in [0.25, 0.3) is 0 Å². The predicted octanol–water partition coefficient (Wildman–Crippen LogP) is -4.44. The van der Waals surface area contributed by atoms with E-state index in [-0.39, 0.29) is 91.4 Å². The molecule has 8 N–H and O–H groups in total. The van der Waals surface area contributed by atoms with Crippen molar-refractivity contribution >= 4 is 69.5 Å². The van der Waals surface area contributed by atoms with E-state index in [4.69, 9.17) is 0 Å². The smallest absolute Gasteiger partial charge is 0 e. The molecule has 0 atom stereocenters. The SMILES string of the molecule is O.O.O.O.[Ga].[In].[Sn]. The summed E-state index contributed by atoms with van der Waals surface area (Å²) in [5.74, 6) is 0. The first-order valence-corrected chi connectivity index (χ1v) is 0. The van der Waals surface area contributed by atoms with Crippen LogP contribution < -0.4 is 0 Å². The van der Waals surface area contributed by atoms with Crippen molar-refractivity contribution in [3.8, 4) is 0 Å². The van der Waals surface area contributed by atoms with Crippen LogP contribution in [0.3, 0.4) is 0 Å². The second kappa shape index (κ2) is 90.4. The first kappa shape index (κ1) is 132. The summed E-state index contributed by atoms with van der Waals surface area (Å²) in [6, 6.07) is 0. The first-order valence-electron chi connectivity index (χ1n) is 0. The molecule has 0 aromatic rings. The van der Waals surface area contributed by atoms with Crippen LogP contribution in [0.4, 0.5) is 0 Å². The molecule has 0 aromatic carbocycles. The minimum Gasteiger partial charge on any atom is -0.412 e. The first-order chi connectivity index (χ1) is 0. The Bertz CT molecular complexity index is 11.7. The van der Waals surface area contributed by atoms with Crippen molar-refractivity contribution in [1.82, 2.24) is 0 Å². The molecule has 0 amide bonds. The monoisotopic (exact) mass is 376 g/mol. The van der Waals surface area contributed by atoms with Gasteiger partial charge < -0.3 is 21.9 Å². The van der Waals surface area contributed by atoms with Gasteiger partial charge in [0.05, 0.1) is 0 Å². The van der Waals surface area contributed by atoms with Crippen molar-refractivity contribution in [1.29, 1.82) is 0 Å². The summed E-state index contributed by atoms with van der Waals surface area (Å²) >= 11 is 0. The van der Waals surface area contributed by atoms with Gasteiger partial charge in [-0.2, -0.15) is 0 Å². The van der Waals surface area contributed by atoms with Gasteiger partial charge in [0, 0.05) is 69.5 Å². The average Bonchev–Trinajstić information content (AvgIpc) is 0. The quantitative estimate of drug-likeness (QED) is 0.379. The third-order valence-corrected chi connectivity index (χ3v) is 0. The van der Waals surface area contributed by atoms with Crippen LogP contribution >= 0.6 is 0 Å². The fourth-order valence-electron chi connectivity index (χ4n) is 0. The Kier molecular flexibility index (Phi) is 1700. The van der Waals surface area contributed by atoms with Gasteiger partial charge in [0.2, 0.25) is 0 Å². The van der Waals surface area contributed by atoms with Crippen molar-refractivity contribution in [3.05, 3.63) is 0 Å². The molecule has 0 saturated heterocycles. The van der Waals surface area contributed by atoms with Crippen LogP contribution in [0.15, 0.2) is 0 Å². The molecule has 7 heteroatoms. The molecule has 10 radical (unpaired) electrons. The van der Waals surface area contributed by atoms with Crippen LogP contribution in [0.2, 0.25) is 0 Å². The Balaban J connectivity index is 0. The summed E-state index contributed by atoms with van der Waals surface area (Å²) in [6.45, 7) is 0. The summed E-state index contributed by atoms with van der Waals surface area (Å²) in [4.78, 5) is 0. The Hall–Kier alpha value is 2.15. The van der Waals surface area contributed by atoms with Gasteiger partial charge in [-0.15, -0.1) is 0 Å². The van der Waals surface area contributed by atoms with E-state index in [0.29, 0.717) is 0 Å². The van der Waals surface area contributed by atoms with Crippen LogP contribution in [0.1, 0.15) is 0 Å². The standard InChI is InChI=1S/Ga.In.4H2O.Sn/h;;4*1H2;. The molecule has 0 bridgehead atoms. The fraction of sp³-hybridized carbons (Fsp3) is 0. The molecule has 0 spiro atoms. The maximum atomic E-state index is 0. The molecule has 0 saturated carbocycles. The molecule has 0 aliphatic carbocycles. The van der Waals surface area contributed by atoms with E-state index in [0.717, 1.165) is 0 Å². The van der Waals surface area contributed by atoms with Crippen molar-refractivity contribution < 1.29 is 21.9 Å². The maximum absolute atomic E-state index is 0. The average molecular weight is 375 g/mol. The molecule has 0 aliphatic heterocycles. The Morgan fingerprint density at radius 2 is 0.571 bits per heavy atom. The van der Waals surface area contributed by atoms with Crippen LogP contribution in [-0.2, 0) is 0 Å². The molecule has 0 unspecified atom stereocenters. The zero-order valence-corrected chi connectivity index (χ0v) is 12.2. The zero-order chi connectivity index (χ0) is 0. The molecular weight excluding hydrogens is 367 g/mol. The molecule has 42 valence electrons. The zero-order valence-electron chi connectivity index (χ0n) is 3.65. The number of hydrogen-bond acceptors (Lipinski definition) is 0. The second-order valence-corrected chi connectivity index (χ2v) is 0. The van der Waals surface area contributed by atoms with Gasteiger partial charge >= 0.3 is 0 Å². The van der Waals surface area contributed by atoms with Gasteiger partial charge in [0.1, 0.15) is 0 Å². The largest absolute Gasteiger partial charge is 0.412 e. The van der Waals surface area contributed by atoms with E-state index in [1.807, 2.05) is 0 Å². The maximum Gasteiger partial charge on any atom is 0 e. The van der Waals surface area contributed by atoms with Gasteiger partial charge in [-0.3, -0.25) is 0 Å². The molecule has 0 rings (SSSR count). The van der Waals surface area contributed by atoms with Crippen LogP contribution in [-0.4, -0.2) is 91.4 Å². The summed E-state index contributed by atoms with van der Waals surface area (Å²) < 4.78 is 0. The minimum atomic E-state index is 0. The molecule has 0 heterocycles. The van der Waals surface area contributed by atoms with E-state index in [9.17, 15) is 0 Å². The Labute approximate surface area is 90.5 Å². The van der Waals surface area contributed by atoms with Crippen LogP contribution in [0, 0.1) is 0 Å². The molecule has 0 aromatic heterocycles. The van der Waals surface area contributed by atoms with E-state index in [1.54, 1.807) is 0 Å². The summed E-state index contributed by atoms with van der Waals surface area (Å²) in [5, 5.41) is 0. The second-order valence-electron chi connectivity index (χ2n) is 0. The van der Waals surface area contributed by atoms with Crippen molar-refractivity contribution in [2.24, 2.45) is 0 Å². The third kappa shape index (κ3) is 66.8. The van der Waals surface area contributed by atoms with Crippen LogP contribution in [0.25, 0.3) is 0 Å². The van der Waals surface area contributed by atoms with Gasteiger partial charge in [-0.1, -0.05) is 0 Å². The normalized spacial score (nSPS) is 0. The van der Waals surface area contributed by atoms with Gasteiger partial charge in [-0.05, 0) is 0 Å². The van der Waals surface area contributed by atoms with Crippen molar-refractivity contribution in [2.45, 2.75) is 0 Å². The van der Waals surface area contributed by atoms with E-state index >= 15 is 0 Å². The Morgan fingerprint density at radius 3 is 0.571 bits per heavy atom. The molecule has 0 fully saturated rings. The summed E-state index contributed by atoms with van der Waals surface area (Å²) in [7, 11) is 0. The number of hydrogen-bond donors (Lipinski definition) is 0. The topological polar surface area (TPSA) is 126 Å². The van der Waals surface area contributed by atoms with Crippen molar-refractivity contribution in [3.63, 3.8) is 0 Å². The summed E-state index contributed by atoms with van der Waals surface area (Å²) in [5.41, 5.74) is 0. The molecule has 7 heavy (non-hydrogen) atoms. The van der Waals surface area contributed by atoms with Gasteiger partial charge in [-0.25, -0.2) is 0 Å². The van der Waals surface area contributed by atoms with E-state index < -0.39 is 0 Å². The minimum absolute atomic E-state index is 0. The predicted molar refractivity (Wildman–Crippen MR) is 31.7 cm³/mol. The van der Waals surface area contributed by atoms with E-state index in [1.165, 1.54) is 0 Å². The third-order valence-electron chi connectivity index (χ3n) is 0. The van der Waals surface area contributed by atoms with Gasteiger partial charge in [0.15, 0.2) is 0 Å². The molecular formula is H8GaInO4Sn. The number of rotatable bonds is 0.